The molecule has 2 aromatic rings. The van der Waals surface area contributed by atoms with Crippen molar-refractivity contribution in [1.82, 2.24) is 14.5 Å². The van der Waals surface area contributed by atoms with Gasteiger partial charge in [0.15, 0.2) is 18.2 Å². The van der Waals surface area contributed by atoms with Gasteiger partial charge in [-0.25, -0.2) is 17.2 Å². The van der Waals surface area contributed by atoms with Crippen molar-refractivity contribution in [1.29, 1.82) is 0 Å². The molecule has 1 heterocycles. The molecule has 0 saturated carbocycles. The highest BCUT2D eigenvalue weighted by Gasteiger charge is 2.18. The van der Waals surface area contributed by atoms with E-state index < -0.39 is 46.7 Å². The first-order valence-electron chi connectivity index (χ1n) is 7.06. The van der Waals surface area contributed by atoms with Gasteiger partial charge in [-0.2, -0.15) is 9.82 Å². The lowest BCUT2D eigenvalue weighted by Gasteiger charge is -2.07. The molecule has 0 aliphatic rings. The number of rotatable bonds is 7. The first kappa shape index (κ1) is 19.5. The quantitative estimate of drug-likeness (QED) is 0.652. The molecule has 0 aliphatic carbocycles. The summed E-state index contributed by atoms with van der Waals surface area (Å²) >= 11 is 0. The number of anilines is 1. The number of hydrogen-bond donors (Lipinski definition) is 2. The summed E-state index contributed by atoms with van der Waals surface area (Å²) in [6, 6.07) is 2.71. The summed E-state index contributed by atoms with van der Waals surface area (Å²) in [5, 5.41) is 5.89. The standard InChI is InChI=1S/C14H14F2N4O5S/c1-20-7-10(5-17-20)26(23,24)18-6-14(22)25-8-13(21)19-9-2-3-11(15)12(16)4-9/h2-5,7,18H,6,8H2,1H3,(H,19,21). The maximum absolute atomic E-state index is 13.0. The van der Waals surface area contributed by atoms with Crippen molar-refractivity contribution in [2.45, 2.75) is 4.90 Å². The number of aryl methyl sites for hydroxylation is 1. The monoisotopic (exact) mass is 388 g/mol. The number of amides is 1. The summed E-state index contributed by atoms with van der Waals surface area (Å²) in [6.07, 6.45) is 2.34. The molecule has 0 aliphatic heterocycles. The number of ether oxygens (including phenoxy) is 1. The van der Waals surface area contributed by atoms with E-state index in [0.29, 0.717) is 0 Å². The smallest absolute Gasteiger partial charge is 0.321 e. The Morgan fingerprint density at radius 2 is 2.00 bits per heavy atom. The Hall–Kier alpha value is -2.86. The number of halogens is 2. The maximum atomic E-state index is 13.0. The van der Waals surface area contributed by atoms with E-state index in [1.807, 2.05) is 4.72 Å². The molecular weight excluding hydrogens is 374 g/mol. The van der Waals surface area contributed by atoms with Gasteiger partial charge in [0.05, 0.1) is 6.20 Å². The van der Waals surface area contributed by atoms with E-state index in [0.717, 1.165) is 24.4 Å². The van der Waals surface area contributed by atoms with Crippen LogP contribution in [-0.2, 0) is 31.4 Å². The number of hydrogen-bond acceptors (Lipinski definition) is 6. The number of carbonyl (C=O) groups excluding carboxylic acids is 2. The van der Waals surface area contributed by atoms with Gasteiger partial charge in [-0.15, -0.1) is 0 Å². The van der Waals surface area contributed by atoms with Crippen LogP contribution in [0, 0.1) is 11.6 Å². The molecule has 0 bridgehead atoms. The van der Waals surface area contributed by atoms with Crippen LogP contribution in [-0.4, -0.2) is 43.2 Å². The average Bonchev–Trinajstić information content (AvgIpc) is 3.02. The first-order valence-corrected chi connectivity index (χ1v) is 8.54. The van der Waals surface area contributed by atoms with E-state index in [-0.39, 0.29) is 10.6 Å². The summed E-state index contributed by atoms with van der Waals surface area (Å²) in [5.74, 6) is -4.03. The van der Waals surface area contributed by atoms with Crippen molar-refractivity contribution in [2.75, 3.05) is 18.5 Å². The number of sulfonamides is 1. The van der Waals surface area contributed by atoms with Gasteiger partial charge in [0.1, 0.15) is 11.4 Å². The molecule has 0 spiro atoms. The number of carbonyl (C=O) groups is 2. The fourth-order valence-electron chi connectivity index (χ4n) is 1.74. The van der Waals surface area contributed by atoms with Gasteiger partial charge in [0.2, 0.25) is 10.0 Å². The summed E-state index contributed by atoms with van der Waals surface area (Å²) in [4.78, 5) is 23.0. The second-order valence-electron chi connectivity index (χ2n) is 5.01. The molecule has 12 heteroatoms. The topological polar surface area (TPSA) is 119 Å². The van der Waals surface area contributed by atoms with Crippen molar-refractivity contribution in [2.24, 2.45) is 7.05 Å². The molecule has 9 nitrogen and oxygen atoms in total. The van der Waals surface area contributed by atoms with E-state index >= 15 is 0 Å². The van der Waals surface area contributed by atoms with Gasteiger partial charge in [0.25, 0.3) is 5.91 Å². The first-order chi connectivity index (χ1) is 12.2. The molecule has 0 atom stereocenters. The van der Waals surface area contributed by atoms with Crippen LogP contribution >= 0.6 is 0 Å². The normalized spacial score (nSPS) is 11.2. The van der Waals surface area contributed by atoms with Crippen molar-refractivity contribution in [3.05, 3.63) is 42.2 Å². The van der Waals surface area contributed by atoms with E-state index in [1.54, 1.807) is 0 Å². The predicted octanol–water partition coefficient (Wildman–Crippen LogP) is 0.158. The van der Waals surface area contributed by atoms with Crippen molar-refractivity contribution >= 4 is 27.6 Å². The van der Waals surface area contributed by atoms with E-state index in [2.05, 4.69) is 15.2 Å². The lowest BCUT2D eigenvalue weighted by molar-refractivity contribution is -0.146. The Balaban J connectivity index is 1.79. The zero-order chi connectivity index (χ0) is 19.3. The molecule has 26 heavy (non-hydrogen) atoms. The largest absolute Gasteiger partial charge is 0.455 e. The van der Waals surface area contributed by atoms with Crippen LogP contribution in [0.5, 0.6) is 0 Å². The van der Waals surface area contributed by atoms with Gasteiger partial charge in [-0.05, 0) is 12.1 Å². The second kappa shape index (κ2) is 8.01. The summed E-state index contributed by atoms with van der Waals surface area (Å²) in [5.41, 5.74) is -0.0257. The van der Waals surface area contributed by atoms with Gasteiger partial charge >= 0.3 is 5.97 Å². The lowest BCUT2D eigenvalue weighted by atomic mass is 10.3. The van der Waals surface area contributed by atoms with Gasteiger partial charge in [0, 0.05) is 25.0 Å². The molecule has 0 radical (unpaired) electrons. The second-order valence-corrected chi connectivity index (χ2v) is 6.78. The van der Waals surface area contributed by atoms with Crippen LogP contribution in [0.25, 0.3) is 0 Å². The highest BCUT2D eigenvalue weighted by molar-refractivity contribution is 7.89. The van der Waals surface area contributed by atoms with Gasteiger partial charge in [-0.3, -0.25) is 14.3 Å². The lowest BCUT2D eigenvalue weighted by Crippen LogP contribution is -2.32. The van der Waals surface area contributed by atoms with Crippen LogP contribution < -0.4 is 10.0 Å². The van der Waals surface area contributed by atoms with Crippen LogP contribution in [0.4, 0.5) is 14.5 Å². The van der Waals surface area contributed by atoms with Crippen LogP contribution in [0.3, 0.4) is 0 Å². The highest BCUT2D eigenvalue weighted by Crippen LogP contribution is 2.12. The maximum Gasteiger partial charge on any atom is 0.321 e. The molecule has 0 unspecified atom stereocenters. The molecule has 0 fully saturated rings. The van der Waals surface area contributed by atoms with Crippen LogP contribution in [0.1, 0.15) is 0 Å². The number of benzene rings is 1. The fraction of sp³-hybridized carbons (Fsp3) is 0.214. The summed E-state index contributed by atoms with van der Waals surface area (Å²) < 4.78 is 57.4. The third-order valence-electron chi connectivity index (χ3n) is 2.97. The summed E-state index contributed by atoms with van der Waals surface area (Å²) in [7, 11) is -2.42. The van der Waals surface area contributed by atoms with Crippen molar-refractivity contribution in [3.8, 4) is 0 Å². The summed E-state index contributed by atoms with van der Waals surface area (Å²) in [6.45, 7) is -1.43. The Labute approximate surface area is 147 Å². The zero-order valence-corrected chi connectivity index (χ0v) is 14.2. The predicted molar refractivity (Wildman–Crippen MR) is 84.3 cm³/mol. The van der Waals surface area contributed by atoms with E-state index in [9.17, 15) is 26.8 Å². The minimum absolute atomic E-state index is 0.0257. The third kappa shape index (κ3) is 5.32. The molecular formula is C14H14F2N4O5S. The highest BCUT2D eigenvalue weighted by atomic mass is 32.2. The van der Waals surface area contributed by atoms with Crippen LogP contribution in [0.2, 0.25) is 0 Å². The van der Waals surface area contributed by atoms with Crippen molar-refractivity contribution in [3.63, 3.8) is 0 Å². The molecule has 1 amide bonds. The number of aromatic nitrogens is 2. The molecule has 140 valence electrons. The molecule has 2 rings (SSSR count). The Morgan fingerprint density at radius 3 is 2.62 bits per heavy atom. The fourth-order valence-corrected chi connectivity index (χ4v) is 2.69. The van der Waals surface area contributed by atoms with E-state index in [4.69, 9.17) is 0 Å². The van der Waals surface area contributed by atoms with Crippen molar-refractivity contribution < 1.29 is 31.5 Å². The molecule has 1 aromatic carbocycles. The van der Waals surface area contributed by atoms with E-state index in [1.165, 1.54) is 17.9 Å². The number of esters is 1. The minimum atomic E-state index is -3.94. The molecule has 0 saturated heterocycles. The Bertz CT molecular complexity index is 929. The minimum Gasteiger partial charge on any atom is -0.455 e. The van der Waals surface area contributed by atoms with Crippen LogP contribution in [0.15, 0.2) is 35.5 Å². The zero-order valence-electron chi connectivity index (χ0n) is 13.4. The molecule has 2 N–H and O–H groups in total. The molecule has 1 aromatic heterocycles. The SMILES string of the molecule is Cn1cc(S(=O)(=O)NCC(=O)OCC(=O)Nc2ccc(F)c(F)c2)cn1. The number of nitrogens with one attached hydrogen (secondary N) is 2. The van der Waals surface area contributed by atoms with Gasteiger partial charge in [-0.1, -0.05) is 0 Å². The van der Waals surface area contributed by atoms with Gasteiger partial charge < -0.3 is 10.1 Å². The number of nitrogens with zero attached hydrogens (tertiary/aromatic N) is 2. The third-order valence-corrected chi connectivity index (χ3v) is 4.32. The average molecular weight is 388 g/mol. The Kier molecular flexibility index (Phi) is 6.00. The Morgan fingerprint density at radius 1 is 1.27 bits per heavy atom.